The number of halogens is 4. The predicted octanol–water partition coefficient (Wildman–Crippen LogP) is 6.80. The van der Waals surface area contributed by atoms with E-state index in [-0.39, 0.29) is 29.1 Å². The third-order valence-corrected chi connectivity index (χ3v) is 6.13. The van der Waals surface area contributed by atoms with Crippen LogP contribution in [0.15, 0.2) is 36.4 Å². The van der Waals surface area contributed by atoms with E-state index < -0.39 is 47.5 Å². The molecule has 0 spiro atoms. The van der Waals surface area contributed by atoms with Gasteiger partial charge in [0.1, 0.15) is 23.2 Å². The Morgan fingerprint density at radius 1 is 1.23 bits per heavy atom. The van der Waals surface area contributed by atoms with Gasteiger partial charge < -0.3 is 9.47 Å². The number of nitro groups is 1. The highest BCUT2D eigenvalue weighted by molar-refractivity contribution is 7.45. The first-order chi connectivity index (χ1) is 14.5. The van der Waals surface area contributed by atoms with Crippen LogP contribution in [0, 0.1) is 10.1 Å². The van der Waals surface area contributed by atoms with E-state index in [9.17, 15) is 32.6 Å². The van der Waals surface area contributed by atoms with Crippen molar-refractivity contribution in [1.29, 1.82) is 0 Å². The summed E-state index contributed by atoms with van der Waals surface area (Å²) in [6.07, 6.45) is -4.08. The number of hydrogen-bond acceptors (Lipinski definition) is 6. The Balaban J connectivity index is 2.36. The maximum Gasteiger partial charge on any atom is 0.416 e. The zero-order valence-corrected chi connectivity index (χ0v) is 18.0. The number of carbonyl (C=O) groups is 1. The molecule has 2 rings (SSSR count). The van der Waals surface area contributed by atoms with Gasteiger partial charge in [-0.2, -0.15) is 13.2 Å². The molecule has 0 aromatic heterocycles. The summed E-state index contributed by atoms with van der Waals surface area (Å²) in [5, 5.41) is 11.0. The second-order valence-corrected chi connectivity index (χ2v) is 8.63. The third kappa shape index (κ3) is 6.15. The van der Waals surface area contributed by atoms with E-state index in [1.54, 1.807) is 13.8 Å². The van der Waals surface area contributed by atoms with Crippen LogP contribution in [0.2, 0.25) is 5.02 Å². The fraction of sp³-hybridized carbons (Fsp3) is 0.316. The van der Waals surface area contributed by atoms with E-state index in [4.69, 9.17) is 21.1 Å². The van der Waals surface area contributed by atoms with Crippen molar-refractivity contribution in [1.82, 2.24) is 0 Å². The monoisotopic (exact) mass is 478 g/mol. The van der Waals surface area contributed by atoms with Crippen LogP contribution in [-0.2, 0) is 15.5 Å². The van der Waals surface area contributed by atoms with Crippen molar-refractivity contribution in [3.63, 3.8) is 0 Å². The molecule has 0 amide bonds. The molecule has 0 bridgehead atoms. The molecule has 0 N–H and O–H groups in total. The third-order valence-electron chi connectivity index (χ3n) is 4.10. The summed E-state index contributed by atoms with van der Waals surface area (Å²) in [5.74, 6) is -2.23. The molecular weight excluding hydrogens is 462 g/mol. The molecule has 7 nitrogen and oxygen atoms in total. The lowest BCUT2D eigenvalue weighted by atomic mass is 10.1. The lowest BCUT2D eigenvalue weighted by molar-refractivity contribution is -0.385. The van der Waals surface area contributed by atoms with Gasteiger partial charge in [-0.05, 0) is 31.2 Å². The van der Waals surface area contributed by atoms with Crippen LogP contribution < -0.4 is 4.74 Å². The fourth-order valence-electron chi connectivity index (χ4n) is 2.52. The minimum absolute atomic E-state index is 0.0906. The molecule has 2 aromatic rings. The van der Waals surface area contributed by atoms with Crippen molar-refractivity contribution >= 4 is 31.1 Å². The molecule has 0 aliphatic rings. The van der Waals surface area contributed by atoms with E-state index in [0.29, 0.717) is 6.07 Å². The summed E-state index contributed by atoms with van der Waals surface area (Å²) in [6, 6.07) is 5.58. The average molecular weight is 479 g/mol. The van der Waals surface area contributed by atoms with Gasteiger partial charge in [0.2, 0.25) is 0 Å². The number of carbonyl (C=O) groups excluding carboxylic acids is 1. The second kappa shape index (κ2) is 10.1. The quantitative estimate of drug-likeness (QED) is 0.179. The van der Waals surface area contributed by atoms with Crippen LogP contribution in [-0.4, -0.2) is 22.9 Å². The first kappa shape index (κ1) is 24.6. The van der Waals surface area contributed by atoms with Gasteiger partial charge in [0.25, 0.3) is 11.5 Å². The average Bonchev–Trinajstić information content (AvgIpc) is 2.71. The number of ether oxygens (including phenoxy) is 2. The molecule has 0 fully saturated rings. The van der Waals surface area contributed by atoms with Crippen molar-refractivity contribution in [2.75, 3.05) is 6.16 Å². The van der Waals surface area contributed by atoms with E-state index >= 15 is 0 Å². The van der Waals surface area contributed by atoms with E-state index in [0.717, 1.165) is 30.3 Å². The number of hydrogen-bond donors (Lipinski definition) is 0. The van der Waals surface area contributed by atoms with Gasteiger partial charge in [-0.25, -0.2) is 4.79 Å². The number of alkyl halides is 3. The molecule has 2 unspecified atom stereocenters. The first-order valence-corrected chi connectivity index (χ1v) is 10.8. The summed E-state index contributed by atoms with van der Waals surface area (Å²) < 4.78 is 60.9. The van der Waals surface area contributed by atoms with Crippen molar-refractivity contribution in [2.24, 2.45) is 0 Å². The minimum Gasteiger partial charge on any atom is -0.456 e. The predicted molar refractivity (Wildman–Crippen MR) is 107 cm³/mol. The van der Waals surface area contributed by atoms with Crippen molar-refractivity contribution in [2.45, 2.75) is 32.3 Å². The molecule has 12 heteroatoms. The summed E-state index contributed by atoms with van der Waals surface area (Å²) in [4.78, 5) is 23.0. The summed E-state index contributed by atoms with van der Waals surface area (Å²) >= 11 is 5.85. The minimum atomic E-state index is -4.60. The lowest BCUT2D eigenvalue weighted by Crippen LogP contribution is -2.16. The topological polar surface area (TPSA) is 95.7 Å². The van der Waals surface area contributed by atoms with Crippen LogP contribution in [0.5, 0.6) is 11.5 Å². The second-order valence-electron chi connectivity index (χ2n) is 6.18. The zero-order valence-electron chi connectivity index (χ0n) is 16.3. The number of esters is 1. The molecule has 0 heterocycles. The molecule has 2 aromatic carbocycles. The Hall–Kier alpha value is -2.71. The van der Waals surface area contributed by atoms with Crippen molar-refractivity contribution in [3.8, 4) is 11.5 Å². The Labute approximate surface area is 181 Å². The fourth-order valence-corrected chi connectivity index (χ4v) is 3.77. The molecule has 31 heavy (non-hydrogen) atoms. The van der Waals surface area contributed by atoms with Gasteiger partial charge in [0.15, 0.2) is 0 Å². The van der Waals surface area contributed by atoms with E-state index in [2.05, 4.69) is 0 Å². The highest BCUT2D eigenvalue weighted by Crippen LogP contribution is 2.38. The van der Waals surface area contributed by atoms with Gasteiger partial charge in [-0.3, -0.25) is 10.1 Å². The molecule has 2 atom stereocenters. The van der Waals surface area contributed by atoms with Crippen LogP contribution in [0.1, 0.15) is 36.2 Å². The number of benzene rings is 2. The molecule has 0 saturated carbocycles. The van der Waals surface area contributed by atoms with Gasteiger partial charge >= 0.3 is 19.9 Å². The molecule has 166 valence electrons. The summed E-state index contributed by atoms with van der Waals surface area (Å²) in [7, 11) is -1.86. The molecular formula is C19H17ClF3NO6P+. The molecule has 0 saturated heterocycles. The van der Waals surface area contributed by atoms with Gasteiger partial charge in [0.05, 0.1) is 15.5 Å². The highest BCUT2D eigenvalue weighted by atomic mass is 35.5. The SMILES string of the molecule is CCC(OC(=O)c1cc(Oc2ccc(C(F)(F)F)cc2Cl)ccc1[N+](=O)[O-])[P+](=O)CC. The summed E-state index contributed by atoms with van der Waals surface area (Å²) in [6.45, 7) is 3.31. The van der Waals surface area contributed by atoms with Crippen molar-refractivity contribution < 1.29 is 36.9 Å². The smallest absolute Gasteiger partial charge is 0.416 e. The largest absolute Gasteiger partial charge is 0.456 e. The number of nitrogens with zero attached hydrogens (tertiary/aromatic N) is 1. The number of rotatable bonds is 8. The van der Waals surface area contributed by atoms with Crippen molar-refractivity contribution in [3.05, 3.63) is 62.7 Å². The Bertz CT molecular complexity index is 1010. The zero-order chi connectivity index (χ0) is 23.3. The van der Waals surface area contributed by atoms with Gasteiger partial charge in [-0.15, -0.1) is 0 Å². The van der Waals surface area contributed by atoms with E-state index in [1.165, 1.54) is 0 Å². The molecule has 0 aliphatic heterocycles. The Kier molecular flexibility index (Phi) is 7.97. The normalized spacial score (nSPS) is 12.8. The Morgan fingerprint density at radius 3 is 2.42 bits per heavy atom. The van der Waals surface area contributed by atoms with Crippen LogP contribution in [0.25, 0.3) is 0 Å². The first-order valence-electron chi connectivity index (χ1n) is 8.95. The lowest BCUT2D eigenvalue weighted by Gasteiger charge is -2.12. The van der Waals surface area contributed by atoms with Gasteiger partial charge in [0, 0.05) is 18.6 Å². The van der Waals surface area contributed by atoms with E-state index in [1.807, 2.05) is 0 Å². The molecule has 0 radical (unpaired) electrons. The van der Waals surface area contributed by atoms with Crippen LogP contribution >= 0.6 is 19.4 Å². The maximum absolute atomic E-state index is 12.8. The van der Waals surface area contributed by atoms with Gasteiger partial charge in [-0.1, -0.05) is 23.1 Å². The number of nitro benzene ring substituents is 1. The molecule has 0 aliphatic carbocycles. The summed E-state index contributed by atoms with van der Waals surface area (Å²) in [5.41, 5.74) is -2.01. The van der Waals surface area contributed by atoms with Crippen LogP contribution in [0.4, 0.5) is 18.9 Å². The standard InChI is InChI=1S/C19H17ClF3NO6P/c1-3-17(31(28)4-2)30-18(25)13-10-12(6-7-15(13)24(26)27)29-16-8-5-11(9-14(16)20)19(21,22)23/h5-10,17H,3-4H2,1-2H3/q+1. The Morgan fingerprint density at radius 2 is 1.90 bits per heavy atom. The highest BCUT2D eigenvalue weighted by Gasteiger charge is 2.33. The van der Waals surface area contributed by atoms with Crippen LogP contribution in [0.3, 0.4) is 0 Å². The maximum atomic E-state index is 12.8.